The maximum Gasteiger partial charge on any atom is 0.223 e. The molecular formula is C22H27FN2O3S. The van der Waals surface area contributed by atoms with Crippen LogP contribution in [0.15, 0.2) is 48.5 Å². The van der Waals surface area contributed by atoms with E-state index in [-0.39, 0.29) is 42.3 Å². The minimum atomic E-state index is -3.62. The van der Waals surface area contributed by atoms with E-state index in [9.17, 15) is 17.6 Å². The Morgan fingerprint density at radius 1 is 1.14 bits per heavy atom. The third kappa shape index (κ3) is 5.42. The van der Waals surface area contributed by atoms with Crippen LogP contribution in [0.4, 0.5) is 4.39 Å². The Morgan fingerprint density at radius 3 is 2.38 bits per heavy atom. The number of nitrogens with zero attached hydrogens (tertiary/aromatic N) is 1. The summed E-state index contributed by atoms with van der Waals surface area (Å²) < 4.78 is 40.4. The number of aryl methyl sites for hydroxylation is 1. The number of benzene rings is 2. The molecule has 1 saturated heterocycles. The van der Waals surface area contributed by atoms with Gasteiger partial charge in [0.15, 0.2) is 0 Å². The Hall–Kier alpha value is -2.25. The highest BCUT2D eigenvalue weighted by molar-refractivity contribution is 7.88. The Bertz CT molecular complexity index is 952. The summed E-state index contributed by atoms with van der Waals surface area (Å²) in [6.07, 6.45) is 0.923. The average molecular weight is 419 g/mol. The molecule has 3 rings (SSSR count). The number of amides is 1. The zero-order valence-corrected chi connectivity index (χ0v) is 17.6. The molecule has 1 atom stereocenters. The maximum absolute atomic E-state index is 13.8. The number of halogens is 1. The zero-order valence-electron chi connectivity index (χ0n) is 16.8. The number of hydrogen-bond acceptors (Lipinski definition) is 3. The first kappa shape index (κ1) is 21.5. The van der Waals surface area contributed by atoms with E-state index in [2.05, 4.69) is 5.32 Å². The summed E-state index contributed by atoms with van der Waals surface area (Å²) in [6.45, 7) is 4.50. The first-order valence-electron chi connectivity index (χ1n) is 9.84. The van der Waals surface area contributed by atoms with E-state index in [1.165, 1.54) is 22.5 Å². The van der Waals surface area contributed by atoms with Crippen molar-refractivity contribution in [1.29, 1.82) is 0 Å². The second kappa shape index (κ2) is 9.05. The molecule has 0 unspecified atom stereocenters. The smallest absolute Gasteiger partial charge is 0.223 e. The fourth-order valence-corrected chi connectivity index (χ4v) is 5.15. The molecule has 1 heterocycles. The Morgan fingerprint density at radius 2 is 1.76 bits per heavy atom. The summed E-state index contributed by atoms with van der Waals surface area (Å²) in [5.41, 5.74) is 2.37. The van der Waals surface area contributed by atoms with Crippen LogP contribution in [0, 0.1) is 18.7 Å². The van der Waals surface area contributed by atoms with Gasteiger partial charge in [-0.15, -0.1) is 0 Å². The van der Waals surface area contributed by atoms with Gasteiger partial charge in [-0.1, -0.05) is 48.0 Å². The van der Waals surface area contributed by atoms with Gasteiger partial charge in [0.1, 0.15) is 5.82 Å². The predicted molar refractivity (Wildman–Crippen MR) is 111 cm³/mol. The van der Waals surface area contributed by atoms with E-state index in [1.807, 2.05) is 38.1 Å². The van der Waals surface area contributed by atoms with E-state index >= 15 is 0 Å². The van der Waals surface area contributed by atoms with E-state index in [0.717, 1.165) is 11.1 Å². The summed E-state index contributed by atoms with van der Waals surface area (Å²) in [5, 5.41) is 3.03. The van der Waals surface area contributed by atoms with Gasteiger partial charge in [-0.05, 0) is 38.3 Å². The summed E-state index contributed by atoms with van der Waals surface area (Å²) in [7, 11) is -3.62. The van der Waals surface area contributed by atoms with Crippen LogP contribution in [0.1, 0.15) is 42.5 Å². The van der Waals surface area contributed by atoms with Crippen molar-refractivity contribution in [3.05, 3.63) is 71.0 Å². The van der Waals surface area contributed by atoms with Crippen molar-refractivity contribution < 1.29 is 17.6 Å². The lowest BCUT2D eigenvalue weighted by molar-refractivity contribution is -0.126. The fraction of sp³-hybridized carbons (Fsp3) is 0.409. The van der Waals surface area contributed by atoms with Crippen LogP contribution < -0.4 is 5.32 Å². The zero-order chi connectivity index (χ0) is 21.0. The summed E-state index contributed by atoms with van der Waals surface area (Å²) in [4.78, 5) is 12.6. The van der Waals surface area contributed by atoms with Gasteiger partial charge in [-0.2, -0.15) is 0 Å². The second-order valence-electron chi connectivity index (χ2n) is 7.66. The first-order valence-corrected chi connectivity index (χ1v) is 11.5. The summed E-state index contributed by atoms with van der Waals surface area (Å²) in [6, 6.07) is 13.8. The van der Waals surface area contributed by atoms with Gasteiger partial charge in [-0.25, -0.2) is 17.1 Å². The molecule has 1 aliphatic rings. The van der Waals surface area contributed by atoms with Crippen molar-refractivity contribution in [3.63, 3.8) is 0 Å². The molecule has 2 aromatic carbocycles. The lowest BCUT2D eigenvalue weighted by Gasteiger charge is -2.31. The number of rotatable bonds is 6. The van der Waals surface area contributed by atoms with E-state index < -0.39 is 15.8 Å². The standard InChI is InChI=1S/C22H27FN2O3S/c1-16-7-9-18(10-8-16)17(2)24-22(26)19-11-13-25(14-12-19)29(27,28)15-20-5-3-4-6-21(20)23/h3-10,17,19H,11-15H2,1-2H3,(H,24,26)/t17-/m0/s1. The Kier molecular flexibility index (Phi) is 6.70. The second-order valence-corrected chi connectivity index (χ2v) is 9.63. The van der Waals surface area contributed by atoms with Gasteiger partial charge >= 0.3 is 0 Å². The fourth-order valence-electron chi connectivity index (χ4n) is 3.57. The van der Waals surface area contributed by atoms with Crippen molar-refractivity contribution in [1.82, 2.24) is 9.62 Å². The monoisotopic (exact) mass is 418 g/mol. The number of carbonyl (C=O) groups excluding carboxylic acids is 1. The predicted octanol–water partition coefficient (Wildman–Crippen LogP) is 3.55. The van der Waals surface area contributed by atoms with Gasteiger partial charge in [0, 0.05) is 24.6 Å². The molecule has 0 radical (unpaired) electrons. The largest absolute Gasteiger partial charge is 0.349 e. The highest BCUT2D eigenvalue weighted by Gasteiger charge is 2.32. The molecule has 29 heavy (non-hydrogen) atoms. The van der Waals surface area contributed by atoms with Crippen molar-refractivity contribution in [3.8, 4) is 0 Å². The van der Waals surface area contributed by atoms with Crippen molar-refractivity contribution in [2.75, 3.05) is 13.1 Å². The lowest BCUT2D eigenvalue weighted by atomic mass is 9.96. The minimum Gasteiger partial charge on any atom is -0.349 e. The Labute approximate surface area is 172 Å². The molecular weight excluding hydrogens is 391 g/mol. The number of hydrogen-bond donors (Lipinski definition) is 1. The first-order chi connectivity index (χ1) is 13.8. The van der Waals surface area contributed by atoms with Crippen LogP contribution >= 0.6 is 0 Å². The molecule has 156 valence electrons. The molecule has 1 fully saturated rings. The summed E-state index contributed by atoms with van der Waals surface area (Å²) in [5.74, 6) is -1.15. The van der Waals surface area contributed by atoms with E-state index in [0.29, 0.717) is 12.8 Å². The van der Waals surface area contributed by atoms with Gasteiger partial charge < -0.3 is 5.32 Å². The van der Waals surface area contributed by atoms with Gasteiger partial charge in [0.2, 0.25) is 15.9 Å². The molecule has 0 aliphatic carbocycles. The highest BCUT2D eigenvalue weighted by atomic mass is 32.2. The van der Waals surface area contributed by atoms with Crippen LogP contribution in [0.25, 0.3) is 0 Å². The van der Waals surface area contributed by atoms with E-state index in [4.69, 9.17) is 0 Å². The lowest BCUT2D eigenvalue weighted by Crippen LogP contribution is -2.43. The van der Waals surface area contributed by atoms with Crippen LogP contribution in [0.3, 0.4) is 0 Å². The SMILES string of the molecule is Cc1ccc([C@H](C)NC(=O)C2CCN(S(=O)(=O)Cc3ccccc3F)CC2)cc1. The van der Waals surface area contributed by atoms with Crippen LogP contribution in [0.2, 0.25) is 0 Å². The topological polar surface area (TPSA) is 66.5 Å². The molecule has 0 bridgehead atoms. The average Bonchev–Trinajstić information content (AvgIpc) is 2.70. The molecule has 7 heteroatoms. The van der Waals surface area contributed by atoms with Crippen molar-refractivity contribution >= 4 is 15.9 Å². The van der Waals surface area contributed by atoms with Gasteiger partial charge in [0.25, 0.3) is 0 Å². The van der Waals surface area contributed by atoms with Crippen LogP contribution in [-0.4, -0.2) is 31.7 Å². The third-order valence-corrected chi connectivity index (χ3v) is 7.28. The van der Waals surface area contributed by atoms with Crippen molar-refractivity contribution in [2.24, 2.45) is 5.92 Å². The van der Waals surface area contributed by atoms with Gasteiger partial charge in [0.05, 0.1) is 11.8 Å². The maximum atomic E-state index is 13.8. The molecule has 0 aromatic heterocycles. The highest BCUT2D eigenvalue weighted by Crippen LogP contribution is 2.24. The molecule has 0 saturated carbocycles. The molecule has 1 aliphatic heterocycles. The minimum absolute atomic E-state index is 0.0516. The quantitative estimate of drug-likeness (QED) is 0.780. The number of carbonyl (C=O) groups is 1. The molecule has 2 aromatic rings. The molecule has 1 amide bonds. The van der Waals surface area contributed by atoms with Crippen LogP contribution in [-0.2, 0) is 20.6 Å². The molecule has 0 spiro atoms. The number of sulfonamides is 1. The van der Waals surface area contributed by atoms with Gasteiger partial charge in [-0.3, -0.25) is 4.79 Å². The van der Waals surface area contributed by atoms with E-state index in [1.54, 1.807) is 6.07 Å². The van der Waals surface area contributed by atoms with Crippen molar-refractivity contribution in [2.45, 2.75) is 38.5 Å². The summed E-state index contributed by atoms with van der Waals surface area (Å²) >= 11 is 0. The molecule has 5 nitrogen and oxygen atoms in total. The molecule has 1 N–H and O–H groups in total. The number of nitrogens with one attached hydrogen (secondary N) is 1. The normalized spacial score (nSPS) is 17.1. The third-order valence-electron chi connectivity index (χ3n) is 5.45. The number of piperidine rings is 1. The Balaban J connectivity index is 1.54. The van der Waals surface area contributed by atoms with Crippen LogP contribution in [0.5, 0.6) is 0 Å².